The Labute approximate surface area is 218 Å². The van der Waals surface area contributed by atoms with Crippen LogP contribution in [0, 0.1) is 0 Å². The van der Waals surface area contributed by atoms with Crippen molar-refractivity contribution in [1.29, 1.82) is 0 Å². The fraction of sp³-hybridized carbons (Fsp3) is 0.379. The number of rotatable bonds is 14. The molecule has 0 aromatic heterocycles. The van der Waals surface area contributed by atoms with Crippen LogP contribution in [-0.4, -0.2) is 61.8 Å². The van der Waals surface area contributed by atoms with Crippen molar-refractivity contribution in [2.45, 2.75) is 32.7 Å². The monoisotopic (exact) mass is 509 g/mol. The maximum atomic E-state index is 13.2. The number of likely N-dealkylation sites (tertiary alicyclic amines) is 1. The smallest absolute Gasteiger partial charge is 0.295 e. The third-order valence-corrected chi connectivity index (χ3v) is 5.83. The molecule has 1 fully saturated rings. The van der Waals surface area contributed by atoms with Gasteiger partial charge in [-0.15, -0.1) is 0 Å². The predicted molar refractivity (Wildman–Crippen MR) is 141 cm³/mol. The third-order valence-electron chi connectivity index (χ3n) is 5.83. The van der Waals surface area contributed by atoms with Crippen molar-refractivity contribution in [3.05, 3.63) is 71.8 Å². The van der Waals surface area contributed by atoms with Crippen molar-refractivity contribution in [3.8, 4) is 17.2 Å². The zero-order valence-electron chi connectivity index (χ0n) is 21.7. The first-order valence-corrected chi connectivity index (χ1v) is 12.5. The lowest BCUT2D eigenvalue weighted by molar-refractivity contribution is -0.140. The molecule has 1 atom stereocenters. The number of hydrogen-bond donors (Lipinski definition) is 1. The van der Waals surface area contributed by atoms with Crippen LogP contribution in [0.25, 0.3) is 5.76 Å². The fourth-order valence-electron chi connectivity index (χ4n) is 4.15. The molecule has 2 aromatic carbocycles. The van der Waals surface area contributed by atoms with Gasteiger partial charge in [0.15, 0.2) is 11.5 Å². The summed E-state index contributed by atoms with van der Waals surface area (Å²) in [6.07, 6.45) is 3.03. The van der Waals surface area contributed by atoms with Gasteiger partial charge in [0.1, 0.15) is 18.1 Å². The second kappa shape index (κ2) is 13.5. The number of ketones is 1. The molecule has 0 spiro atoms. The number of ether oxygens (including phenoxy) is 4. The van der Waals surface area contributed by atoms with Crippen LogP contribution in [0.4, 0.5) is 0 Å². The summed E-state index contributed by atoms with van der Waals surface area (Å²) in [7, 11) is 1.58. The molecular formula is C29H35NO7. The van der Waals surface area contributed by atoms with E-state index in [9.17, 15) is 14.7 Å². The first kappa shape index (κ1) is 27.8. The minimum absolute atomic E-state index is 0.0202. The van der Waals surface area contributed by atoms with Crippen LogP contribution in [0.1, 0.15) is 43.9 Å². The van der Waals surface area contributed by atoms with Crippen LogP contribution in [0.15, 0.2) is 60.7 Å². The molecule has 0 bridgehead atoms. The fourth-order valence-corrected chi connectivity index (χ4v) is 4.15. The first-order valence-electron chi connectivity index (χ1n) is 12.5. The van der Waals surface area contributed by atoms with Crippen LogP contribution in [0.5, 0.6) is 17.2 Å². The normalized spacial score (nSPS) is 16.6. The molecule has 1 amide bonds. The van der Waals surface area contributed by atoms with E-state index in [1.165, 1.54) is 4.90 Å². The molecule has 0 saturated carbocycles. The molecule has 0 aliphatic carbocycles. The van der Waals surface area contributed by atoms with Crippen molar-refractivity contribution in [1.82, 2.24) is 4.90 Å². The van der Waals surface area contributed by atoms with Crippen LogP contribution in [0.3, 0.4) is 0 Å². The molecule has 0 radical (unpaired) electrons. The molecule has 1 aliphatic heterocycles. The number of hydrogen-bond acceptors (Lipinski definition) is 7. The van der Waals surface area contributed by atoms with Crippen LogP contribution in [-0.2, 0) is 14.3 Å². The minimum Gasteiger partial charge on any atom is -0.507 e. The van der Waals surface area contributed by atoms with Gasteiger partial charge in [0, 0.05) is 25.8 Å². The highest BCUT2D eigenvalue weighted by Gasteiger charge is 2.46. The number of carbonyl (C=O) groups excluding carboxylic acids is 2. The highest BCUT2D eigenvalue weighted by Crippen LogP contribution is 2.42. The average molecular weight is 510 g/mol. The quantitative estimate of drug-likeness (QED) is 0.127. The standard InChI is InChI=1S/C29H35NO7/c1-5-16-36-22-12-9-20(10-13-22)27(31)25-26(30(15-8-18-34-4)29(33)28(25)32)21-11-14-23(37-17-6-2)24(19-21)35-7-3/h6,9-14,19,26,31H,2,5,7-8,15-18H2,1,3-4H3. The molecule has 8 heteroatoms. The number of carbonyl (C=O) groups is 2. The molecule has 198 valence electrons. The Morgan fingerprint density at radius 3 is 2.43 bits per heavy atom. The van der Waals surface area contributed by atoms with Crippen molar-refractivity contribution in [2.24, 2.45) is 0 Å². The van der Waals surface area contributed by atoms with Gasteiger partial charge in [0.05, 0.1) is 24.8 Å². The van der Waals surface area contributed by atoms with E-state index in [0.717, 1.165) is 6.42 Å². The number of benzene rings is 2. The Hall–Kier alpha value is -3.78. The van der Waals surface area contributed by atoms with E-state index in [-0.39, 0.29) is 17.9 Å². The summed E-state index contributed by atoms with van der Waals surface area (Å²) in [6, 6.07) is 11.3. The molecule has 1 aliphatic rings. The molecule has 1 unspecified atom stereocenters. The number of Topliss-reactive ketones (excluding diaryl/α,β-unsaturated/α-hetero) is 1. The lowest BCUT2D eigenvalue weighted by Crippen LogP contribution is -2.31. The summed E-state index contributed by atoms with van der Waals surface area (Å²) < 4.78 is 22.3. The highest BCUT2D eigenvalue weighted by atomic mass is 16.5. The van der Waals surface area contributed by atoms with Crippen molar-refractivity contribution >= 4 is 17.4 Å². The van der Waals surface area contributed by atoms with Gasteiger partial charge in [-0.1, -0.05) is 25.6 Å². The predicted octanol–water partition coefficient (Wildman–Crippen LogP) is 4.90. The summed E-state index contributed by atoms with van der Waals surface area (Å²) >= 11 is 0. The first-order chi connectivity index (χ1) is 18.0. The molecule has 1 N–H and O–H groups in total. The van der Waals surface area contributed by atoms with Crippen molar-refractivity contribution < 1.29 is 33.6 Å². The van der Waals surface area contributed by atoms with Crippen LogP contribution < -0.4 is 14.2 Å². The summed E-state index contributed by atoms with van der Waals surface area (Å²) in [5.41, 5.74) is 1.06. The second-order valence-corrected chi connectivity index (χ2v) is 8.45. The number of nitrogens with zero attached hydrogens (tertiary/aromatic N) is 1. The van der Waals surface area contributed by atoms with Gasteiger partial charge in [0.25, 0.3) is 11.7 Å². The SMILES string of the molecule is C=CCOc1ccc(C2C(=C(O)c3ccc(OCCC)cc3)C(=O)C(=O)N2CCCOC)cc1OCC. The van der Waals surface area contributed by atoms with Gasteiger partial charge in [0.2, 0.25) is 0 Å². The van der Waals surface area contributed by atoms with E-state index < -0.39 is 17.7 Å². The zero-order valence-corrected chi connectivity index (χ0v) is 21.7. The molecule has 1 saturated heterocycles. The number of methoxy groups -OCH3 is 1. The molecule has 2 aromatic rings. The Balaban J connectivity index is 2.09. The van der Waals surface area contributed by atoms with E-state index in [4.69, 9.17) is 18.9 Å². The van der Waals surface area contributed by atoms with E-state index >= 15 is 0 Å². The minimum atomic E-state index is -0.805. The number of amides is 1. The molecule has 8 nitrogen and oxygen atoms in total. The maximum Gasteiger partial charge on any atom is 0.295 e. The Bertz CT molecular complexity index is 1120. The molecule has 37 heavy (non-hydrogen) atoms. The third kappa shape index (κ3) is 6.51. The largest absolute Gasteiger partial charge is 0.507 e. The summed E-state index contributed by atoms with van der Waals surface area (Å²) in [6.45, 7) is 9.52. The summed E-state index contributed by atoms with van der Waals surface area (Å²) in [5.74, 6) is -0.00561. The Kier molecular flexibility index (Phi) is 10.1. The highest BCUT2D eigenvalue weighted by molar-refractivity contribution is 6.46. The van der Waals surface area contributed by atoms with Gasteiger partial charge in [-0.3, -0.25) is 9.59 Å². The average Bonchev–Trinajstić information content (AvgIpc) is 3.16. The van der Waals surface area contributed by atoms with Gasteiger partial charge in [-0.2, -0.15) is 0 Å². The Morgan fingerprint density at radius 1 is 1.03 bits per heavy atom. The van der Waals surface area contributed by atoms with E-state index in [1.807, 2.05) is 13.8 Å². The maximum absolute atomic E-state index is 13.2. The lowest BCUT2D eigenvalue weighted by atomic mass is 9.95. The summed E-state index contributed by atoms with van der Waals surface area (Å²) in [4.78, 5) is 27.8. The molecule has 3 rings (SSSR count). The van der Waals surface area contributed by atoms with E-state index in [0.29, 0.717) is 61.2 Å². The van der Waals surface area contributed by atoms with Gasteiger partial charge < -0.3 is 29.0 Å². The second-order valence-electron chi connectivity index (χ2n) is 8.45. The van der Waals surface area contributed by atoms with E-state index in [1.54, 1.807) is 55.7 Å². The lowest BCUT2D eigenvalue weighted by Gasteiger charge is -2.26. The molecular weight excluding hydrogens is 474 g/mol. The molecule has 1 heterocycles. The van der Waals surface area contributed by atoms with Gasteiger partial charge in [-0.25, -0.2) is 0 Å². The van der Waals surface area contributed by atoms with Crippen LogP contribution >= 0.6 is 0 Å². The number of aliphatic hydroxyl groups is 1. The van der Waals surface area contributed by atoms with Gasteiger partial charge in [-0.05, 0) is 61.7 Å². The Morgan fingerprint density at radius 2 is 1.78 bits per heavy atom. The topological polar surface area (TPSA) is 94.5 Å². The number of aliphatic hydroxyl groups excluding tert-OH is 1. The van der Waals surface area contributed by atoms with Crippen LogP contribution in [0.2, 0.25) is 0 Å². The van der Waals surface area contributed by atoms with E-state index in [2.05, 4.69) is 6.58 Å². The van der Waals surface area contributed by atoms with Gasteiger partial charge >= 0.3 is 0 Å². The zero-order chi connectivity index (χ0) is 26.8. The summed E-state index contributed by atoms with van der Waals surface area (Å²) in [5, 5.41) is 11.3. The van der Waals surface area contributed by atoms with Crippen molar-refractivity contribution in [2.75, 3.05) is 40.1 Å². The van der Waals surface area contributed by atoms with Crippen molar-refractivity contribution in [3.63, 3.8) is 0 Å².